The van der Waals surface area contributed by atoms with Crippen molar-refractivity contribution in [2.45, 2.75) is 64.5 Å². The Morgan fingerprint density at radius 2 is 1.62 bits per heavy atom. The predicted octanol–water partition coefficient (Wildman–Crippen LogP) is 1.92. The van der Waals surface area contributed by atoms with Crippen LogP contribution in [0.2, 0.25) is 0 Å². The van der Waals surface area contributed by atoms with E-state index in [0.29, 0.717) is 5.57 Å². The Kier molecular flexibility index (Phi) is 6.15. The molecule has 0 aromatic rings. The number of nitrogens with one attached hydrogen (secondary N) is 1. The fourth-order valence-corrected chi connectivity index (χ4v) is 3.66. The number of hydrogen-bond donors (Lipinski definition) is 1. The molecule has 0 bridgehead atoms. The predicted molar refractivity (Wildman–Crippen MR) is 88.3 cm³/mol. The van der Waals surface area contributed by atoms with Gasteiger partial charge in [-0.3, -0.25) is 10.1 Å². The minimum absolute atomic E-state index is 0.131. The largest absolute Gasteiger partial charge is 0.464 e. The molecular weight excluding hydrogens is 310 g/mol. The maximum absolute atomic E-state index is 12.5. The molecule has 0 aromatic carbocycles. The first-order chi connectivity index (χ1) is 11.5. The van der Waals surface area contributed by atoms with Gasteiger partial charge in [0.15, 0.2) is 5.78 Å². The van der Waals surface area contributed by atoms with Crippen LogP contribution in [0.25, 0.3) is 0 Å². The highest BCUT2D eigenvalue weighted by atomic mass is 16.6. The second-order valence-electron chi connectivity index (χ2n) is 6.42. The minimum Gasteiger partial charge on any atom is -0.464 e. The lowest BCUT2D eigenvalue weighted by molar-refractivity contribution is -0.163. The molecule has 1 N–H and O–H groups in total. The molecule has 6 nitrogen and oxygen atoms in total. The van der Waals surface area contributed by atoms with E-state index < -0.39 is 17.5 Å². The van der Waals surface area contributed by atoms with Gasteiger partial charge in [-0.15, -0.1) is 0 Å². The molecule has 6 heteroatoms. The van der Waals surface area contributed by atoms with E-state index in [1.165, 1.54) is 19.4 Å². The molecular formula is C18H27NO5. The molecule has 1 atom stereocenters. The number of hydrogen-bond acceptors (Lipinski definition) is 6. The maximum atomic E-state index is 12.5. The summed E-state index contributed by atoms with van der Waals surface area (Å²) in [5.74, 6) is -1.31. The van der Waals surface area contributed by atoms with Crippen LogP contribution in [0, 0.1) is 5.92 Å². The highest BCUT2D eigenvalue weighted by Crippen LogP contribution is 2.36. The molecule has 1 heterocycles. The Hall–Kier alpha value is -1.69. The Labute approximate surface area is 143 Å². The van der Waals surface area contributed by atoms with Crippen molar-refractivity contribution in [3.63, 3.8) is 0 Å². The Morgan fingerprint density at radius 1 is 1.08 bits per heavy atom. The monoisotopic (exact) mass is 337 g/mol. The van der Waals surface area contributed by atoms with Crippen LogP contribution in [0.5, 0.6) is 0 Å². The van der Waals surface area contributed by atoms with Crippen molar-refractivity contribution in [1.29, 1.82) is 0 Å². The molecule has 0 unspecified atom stereocenters. The average Bonchev–Trinajstić information content (AvgIpc) is 2.98. The minimum atomic E-state index is -1.71. The van der Waals surface area contributed by atoms with Crippen molar-refractivity contribution in [3.05, 3.63) is 11.6 Å². The number of rotatable bonds is 6. The number of carbonyl (C=O) groups excluding carboxylic acids is 3. The first-order valence-corrected chi connectivity index (χ1v) is 8.82. The van der Waals surface area contributed by atoms with E-state index in [9.17, 15) is 14.4 Å². The molecule has 1 fully saturated rings. The Morgan fingerprint density at radius 3 is 2.08 bits per heavy atom. The van der Waals surface area contributed by atoms with Gasteiger partial charge in [0.05, 0.1) is 13.2 Å². The number of Topliss-reactive ketones (excluding diaryl/α,β-unsaturated/α-hetero) is 1. The summed E-state index contributed by atoms with van der Waals surface area (Å²) >= 11 is 0. The quantitative estimate of drug-likeness (QED) is 0.589. The summed E-state index contributed by atoms with van der Waals surface area (Å²) in [6.45, 7) is 5.13. The van der Waals surface area contributed by atoms with E-state index in [-0.39, 0.29) is 31.0 Å². The first-order valence-electron chi connectivity index (χ1n) is 8.82. The van der Waals surface area contributed by atoms with E-state index >= 15 is 0 Å². The van der Waals surface area contributed by atoms with Crippen molar-refractivity contribution >= 4 is 17.7 Å². The zero-order valence-electron chi connectivity index (χ0n) is 14.7. The van der Waals surface area contributed by atoms with Gasteiger partial charge in [0, 0.05) is 11.6 Å². The molecule has 134 valence electrons. The van der Waals surface area contributed by atoms with E-state index in [2.05, 4.69) is 5.32 Å². The zero-order valence-corrected chi connectivity index (χ0v) is 14.7. The third-order valence-corrected chi connectivity index (χ3v) is 4.81. The first kappa shape index (κ1) is 18.6. The fraction of sp³-hybridized carbons (Fsp3) is 0.722. The summed E-state index contributed by atoms with van der Waals surface area (Å²) in [5, 5.41) is 3.11. The van der Waals surface area contributed by atoms with Gasteiger partial charge in [0.2, 0.25) is 5.54 Å². The van der Waals surface area contributed by atoms with Crippen LogP contribution < -0.4 is 5.32 Å². The summed E-state index contributed by atoms with van der Waals surface area (Å²) in [4.78, 5) is 37.2. The summed E-state index contributed by atoms with van der Waals surface area (Å²) in [5.41, 5.74) is -1.22. The highest BCUT2D eigenvalue weighted by Gasteiger charge is 2.55. The molecule has 0 aromatic heterocycles. The zero-order chi connectivity index (χ0) is 17.7. The molecule has 0 amide bonds. The topological polar surface area (TPSA) is 81.7 Å². The van der Waals surface area contributed by atoms with Crippen molar-refractivity contribution in [1.82, 2.24) is 5.32 Å². The molecule has 0 saturated heterocycles. The fourth-order valence-electron chi connectivity index (χ4n) is 3.66. The lowest BCUT2D eigenvalue weighted by Crippen LogP contribution is -2.59. The van der Waals surface area contributed by atoms with E-state index in [1.807, 2.05) is 0 Å². The lowest BCUT2D eigenvalue weighted by Gasteiger charge is -2.32. The third kappa shape index (κ3) is 3.53. The smallest absolute Gasteiger partial charge is 0.342 e. The summed E-state index contributed by atoms with van der Waals surface area (Å²) in [7, 11) is 0. The standard InChI is InChI=1S/C18H27NO5/c1-4-23-16(21)18(17(22)24-5-2)11-14(12(3)20)15(19-18)13-9-7-6-8-10-13/h11,13,15,19H,4-10H2,1-3H3/t15-/m0/s1. The number of esters is 2. The van der Waals surface area contributed by atoms with Gasteiger partial charge in [0.1, 0.15) is 0 Å². The molecule has 1 aliphatic carbocycles. The van der Waals surface area contributed by atoms with Gasteiger partial charge in [-0.05, 0) is 45.6 Å². The van der Waals surface area contributed by atoms with Crippen molar-refractivity contribution < 1.29 is 23.9 Å². The second kappa shape index (κ2) is 7.92. The normalized spacial score (nSPS) is 23.5. The van der Waals surface area contributed by atoms with E-state index in [1.54, 1.807) is 13.8 Å². The van der Waals surface area contributed by atoms with Gasteiger partial charge in [-0.1, -0.05) is 19.3 Å². The Bertz CT molecular complexity index is 516. The van der Waals surface area contributed by atoms with Gasteiger partial charge in [-0.2, -0.15) is 0 Å². The summed E-state index contributed by atoms with van der Waals surface area (Å²) < 4.78 is 10.2. The summed E-state index contributed by atoms with van der Waals surface area (Å²) in [6, 6.07) is -0.309. The van der Waals surface area contributed by atoms with E-state index in [0.717, 1.165) is 25.7 Å². The van der Waals surface area contributed by atoms with Gasteiger partial charge in [-0.25, -0.2) is 9.59 Å². The maximum Gasteiger partial charge on any atom is 0.342 e. The molecule has 24 heavy (non-hydrogen) atoms. The van der Waals surface area contributed by atoms with Crippen LogP contribution in [0.4, 0.5) is 0 Å². The molecule has 1 saturated carbocycles. The van der Waals surface area contributed by atoms with Crippen LogP contribution in [-0.4, -0.2) is 42.5 Å². The van der Waals surface area contributed by atoms with Gasteiger partial charge >= 0.3 is 11.9 Å². The summed E-state index contributed by atoms with van der Waals surface area (Å²) in [6.07, 6.45) is 6.77. The molecule has 0 spiro atoms. The van der Waals surface area contributed by atoms with Gasteiger partial charge < -0.3 is 9.47 Å². The average molecular weight is 337 g/mol. The Balaban J connectivity index is 2.38. The number of ketones is 1. The van der Waals surface area contributed by atoms with Crippen LogP contribution >= 0.6 is 0 Å². The van der Waals surface area contributed by atoms with Crippen LogP contribution in [0.3, 0.4) is 0 Å². The number of carbonyl (C=O) groups is 3. The number of ether oxygens (including phenoxy) is 2. The van der Waals surface area contributed by atoms with Crippen molar-refractivity contribution in [3.8, 4) is 0 Å². The van der Waals surface area contributed by atoms with Crippen LogP contribution in [-0.2, 0) is 23.9 Å². The molecule has 2 rings (SSSR count). The third-order valence-electron chi connectivity index (χ3n) is 4.81. The second-order valence-corrected chi connectivity index (χ2v) is 6.42. The molecule has 0 radical (unpaired) electrons. The molecule has 1 aliphatic heterocycles. The highest BCUT2D eigenvalue weighted by molar-refractivity contribution is 6.11. The SMILES string of the molecule is CCOC(=O)C1(C(=O)OCC)C=C(C(C)=O)[C@H](C2CCCCC2)N1. The van der Waals surface area contributed by atoms with Crippen LogP contribution in [0.15, 0.2) is 11.6 Å². The van der Waals surface area contributed by atoms with Gasteiger partial charge in [0.25, 0.3) is 0 Å². The van der Waals surface area contributed by atoms with Crippen molar-refractivity contribution in [2.75, 3.05) is 13.2 Å². The van der Waals surface area contributed by atoms with E-state index in [4.69, 9.17) is 9.47 Å². The van der Waals surface area contributed by atoms with Crippen molar-refractivity contribution in [2.24, 2.45) is 5.92 Å². The van der Waals surface area contributed by atoms with Crippen LogP contribution in [0.1, 0.15) is 52.9 Å². The molecule has 2 aliphatic rings. The lowest BCUT2D eigenvalue weighted by atomic mass is 9.81.